The van der Waals surface area contributed by atoms with Gasteiger partial charge in [0.15, 0.2) is 0 Å². The van der Waals surface area contributed by atoms with Gasteiger partial charge in [0.2, 0.25) is 9.84 Å². The summed E-state index contributed by atoms with van der Waals surface area (Å²) < 4.78 is 46.1. The van der Waals surface area contributed by atoms with Gasteiger partial charge < -0.3 is 0 Å². The first-order valence-electron chi connectivity index (χ1n) is 4.60. The lowest BCUT2D eigenvalue weighted by atomic mass is 10.4. The third-order valence-electron chi connectivity index (χ3n) is 1.24. The summed E-state index contributed by atoms with van der Waals surface area (Å²) >= 11 is 0. The van der Waals surface area contributed by atoms with E-state index in [0.29, 0.717) is 0 Å². The maximum atomic E-state index is 12.1. The Morgan fingerprint density at radius 3 is 2.00 bits per heavy atom. The first-order valence-corrected chi connectivity index (χ1v) is 6.15. The zero-order valence-corrected chi connectivity index (χ0v) is 10.2. The second-order valence-corrected chi connectivity index (χ2v) is 4.12. The van der Waals surface area contributed by atoms with E-state index in [1.54, 1.807) is 0 Å². The largest absolute Gasteiger partial charge is 0.341 e. The smallest absolute Gasteiger partial charge is 0.218 e. The molecule has 0 N–H and O–H groups in total. The normalized spacial score (nSPS) is 12.2. The highest BCUT2D eigenvalue weighted by Gasteiger charge is 2.26. The number of halogens is 2. The predicted molar refractivity (Wildman–Crippen MR) is 63.9 cm³/mol. The van der Waals surface area contributed by atoms with Crippen molar-refractivity contribution in [1.29, 1.82) is 0 Å². The van der Waals surface area contributed by atoms with Crippen LogP contribution in [0, 0.1) is 0 Å². The molecule has 0 fully saturated rings. The summed E-state index contributed by atoms with van der Waals surface area (Å²) in [5.41, 5.74) is 0. The minimum atomic E-state index is -4.55. The summed E-state index contributed by atoms with van der Waals surface area (Å²) in [6, 6.07) is 0. The third kappa shape index (κ3) is 5.60. The van der Waals surface area contributed by atoms with E-state index in [0.717, 1.165) is 18.2 Å². The first kappa shape index (κ1) is 17.2. The minimum Gasteiger partial charge on any atom is -0.218 e. The molecule has 0 bridgehead atoms. The van der Waals surface area contributed by atoms with Gasteiger partial charge in [-0.05, 0) is 12.2 Å². The quantitative estimate of drug-likeness (QED) is 0.700. The van der Waals surface area contributed by atoms with E-state index in [-0.39, 0.29) is 0 Å². The topological polar surface area (TPSA) is 34.1 Å². The van der Waals surface area contributed by atoms with Gasteiger partial charge in [0.05, 0.1) is 4.91 Å². The molecular formula is C11H16F2O2S. The standard InChI is InChI=1S/C9H10F2O2S.C2H6/c1-3-5-7-8(6-4-2)14(12,13)9(10)11;1-2/h3-7,9H,1-2H2;1-2H3/b7-5-,8-6+;. The second kappa shape index (κ2) is 9.03. The summed E-state index contributed by atoms with van der Waals surface area (Å²) in [5, 5.41) is 0. The van der Waals surface area contributed by atoms with E-state index in [1.165, 1.54) is 12.2 Å². The Bertz CT molecular complexity index is 365. The Hall–Kier alpha value is -1.23. The first-order chi connectivity index (χ1) is 7.46. The lowest BCUT2D eigenvalue weighted by molar-refractivity contribution is 0.236. The Labute approximate surface area is 95.6 Å². The van der Waals surface area contributed by atoms with Crippen LogP contribution in [-0.2, 0) is 9.84 Å². The SMILES string of the molecule is C=C/C=C\C(=C/C=C)S(=O)(=O)C(F)F.CC. The van der Waals surface area contributed by atoms with Crippen LogP contribution in [0.4, 0.5) is 8.78 Å². The molecule has 16 heavy (non-hydrogen) atoms. The van der Waals surface area contributed by atoms with Crippen LogP contribution in [0.2, 0.25) is 0 Å². The molecule has 0 aliphatic heterocycles. The van der Waals surface area contributed by atoms with E-state index in [1.807, 2.05) is 13.8 Å². The van der Waals surface area contributed by atoms with Crippen molar-refractivity contribution in [1.82, 2.24) is 0 Å². The van der Waals surface area contributed by atoms with E-state index < -0.39 is 20.5 Å². The zero-order chi connectivity index (χ0) is 13.2. The van der Waals surface area contributed by atoms with Gasteiger partial charge >= 0.3 is 5.76 Å². The van der Waals surface area contributed by atoms with Gasteiger partial charge in [-0.25, -0.2) is 8.42 Å². The van der Waals surface area contributed by atoms with Gasteiger partial charge in [-0.1, -0.05) is 45.2 Å². The van der Waals surface area contributed by atoms with Crippen LogP contribution in [0.25, 0.3) is 0 Å². The van der Waals surface area contributed by atoms with Crippen molar-refractivity contribution in [2.45, 2.75) is 19.6 Å². The van der Waals surface area contributed by atoms with Crippen LogP contribution in [0.1, 0.15) is 13.8 Å². The summed E-state index contributed by atoms with van der Waals surface area (Å²) in [6.45, 7) is 10.5. The van der Waals surface area contributed by atoms with Crippen LogP contribution in [0.3, 0.4) is 0 Å². The van der Waals surface area contributed by atoms with Crippen molar-refractivity contribution < 1.29 is 17.2 Å². The van der Waals surface area contributed by atoms with Crippen LogP contribution in [0.5, 0.6) is 0 Å². The molecule has 0 radical (unpaired) electrons. The predicted octanol–water partition coefficient (Wildman–Crippen LogP) is 3.46. The molecule has 92 valence electrons. The average molecular weight is 250 g/mol. The number of sulfone groups is 1. The van der Waals surface area contributed by atoms with Gasteiger partial charge in [-0.3, -0.25) is 0 Å². The molecule has 0 heterocycles. The fourth-order valence-electron chi connectivity index (χ4n) is 0.627. The molecule has 5 heteroatoms. The molecule has 0 aliphatic rings. The molecule has 0 aliphatic carbocycles. The minimum absolute atomic E-state index is 0.484. The molecule has 0 amide bonds. The molecule has 0 aromatic heterocycles. The van der Waals surface area contributed by atoms with Gasteiger partial charge in [0.1, 0.15) is 0 Å². The van der Waals surface area contributed by atoms with Crippen molar-refractivity contribution in [2.75, 3.05) is 0 Å². The van der Waals surface area contributed by atoms with E-state index in [2.05, 4.69) is 13.2 Å². The van der Waals surface area contributed by atoms with E-state index in [9.17, 15) is 17.2 Å². The Kier molecular flexibility index (Phi) is 9.69. The Morgan fingerprint density at radius 1 is 1.19 bits per heavy atom. The monoisotopic (exact) mass is 250 g/mol. The molecule has 0 atom stereocenters. The highest BCUT2D eigenvalue weighted by atomic mass is 32.2. The molecule has 0 unspecified atom stereocenters. The Balaban J connectivity index is 0. The summed E-state index contributed by atoms with van der Waals surface area (Å²) in [5.74, 6) is -3.43. The number of hydrogen-bond donors (Lipinski definition) is 0. The maximum Gasteiger partial charge on any atom is 0.341 e. The van der Waals surface area contributed by atoms with E-state index in [4.69, 9.17) is 0 Å². The molecule has 0 saturated heterocycles. The summed E-state index contributed by atoms with van der Waals surface area (Å²) in [6.07, 6.45) is 5.72. The molecule has 0 aromatic carbocycles. The van der Waals surface area contributed by atoms with Crippen molar-refractivity contribution in [3.05, 3.63) is 48.4 Å². The molecule has 2 nitrogen and oxygen atoms in total. The Morgan fingerprint density at radius 2 is 1.69 bits per heavy atom. The molecule has 0 rings (SSSR count). The van der Waals surface area contributed by atoms with Crippen LogP contribution in [0.15, 0.2) is 48.4 Å². The third-order valence-corrected chi connectivity index (χ3v) is 2.64. The molecule has 0 spiro atoms. The van der Waals surface area contributed by atoms with Crippen LogP contribution in [-0.4, -0.2) is 14.2 Å². The molecular weight excluding hydrogens is 234 g/mol. The number of hydrogen-bond acceptors (Lipinski definition) is 2. The van der Waals surface area contributed by atoms with Crippen molar-refractivity contribution in [3.8, 4) is 0 Å². The molecule has 0 saturated carbocycles. The number of rotatable bonds is 5. The number of alkyl halides is 2. The number of allylic oxidation sites excluding steroid dienone is 5. The van der Waals surface area contributed by atoms with Crippen LogP contribution >= 0.6 is 0 Å². The second-order valence-electron chi connectivity index (χ2n) is 2.21. The van der Waals surface area contributed by atoms with Gasteiger partial charge in [0.25, 0.3) is 0 Å². The maximum absolute atomic E-state index is 12.1. The fraction of sp³-hybridized carbons (Fsp3) is 0.273. The average Bonchev–Trinajstić information content (AvgIpc) is 2.26. The van der Waals surface area contributed by atoms with E-state index >= 15 is 0 Å². The van der Waals surface area contributed by atoms with Gasteiger partial charge in [0, 0.05) is 0 Å². The highest BCUT2D eigenvalue weighted by Crippen LogP contribution is 2.17. The fourth-order valence-corrected chi connectivity index (χ4v) is 1.39. The highest BCUT2D eigenvalue weighted by molar-refractivity contribution is 7.95. The zero-order valence-electron chi connectivity index (χ0n) is 9.36. The van der Waals surface area contributed by atoms with Crippen molar-refractivity contribution >= 4 is 9.84 Å². The summed E-state index contributed by atoms with van der Waals surface area (Å²) in [7, 11) is -4.55. The van der Waals surface area contributed by atoms with Crippen molar-refractivity contribution in [2.24, 2.45) is 0 Å². The van der Waals surface area contributed by atoms with Gasteiger partial charge in [-0.15, -0.1) is 0 Å². The van der Waals surface area contributed by atoms with Crippen molar-refractivity contribution in [3.63, 3.8) is 0 Å². The van der Waals surface area contributed by atoms with Gasteiger partial charge in [-0.2, -0.15) is 8.78 Å². The lowest BCUT2D eigenvalue weighted by Gasteiger charge is -2.01. The lowest BCUT2D eigenvalue weighted by Crippen LogP contribution is -2.12. The summed E-state index contributed by atoms with van der Waals surface area (Å²) in [4.78, 5) is -0.484. The molecule has 0 aromatic rings. The van der Waals surface area contributed by atoms with Crippen LogP contribution < -0.4 is 0 Å².